The van der Waals surface area contributed by atoms with Gasteiger partial charge in [0.15, 0.2) is 22.0 Å². The molecule has 14 heteroatoms. The highest BCUT2D eigenvalue weighted by molar-refractivity contribution is 7.07. The maximum absolute atomic E-state index is 14.3. The average Bonchev–Trinajstić information content (AvgIpc) is 3.30. The van der Waals surface area contributed by atoms with Crippen LogP contribution < -0.4 is 24.4 Å². The van der Waals surface area contributed by atoms with E-state index in [1.54, 1.807) is 36.4 Å². The van der Waals surface area contributed by atoms with E-state index in [0.717, 1.165) is 15.9 Å². The van der Waals surface area contributed by atoms with Crippen LogP contribution in [-0.4, -0.2) is 30.4 Å². The summed E-state index contributed by atoms with van der Waals surface area (Å²) in [5, 5.41) is 1.24. The molecule has 1 aliphatic heterocycles. The molecule has 1 atom stereocenters. The molecular formula is C31H22Cl3F3N2O5S. The Morgan fingerprint density at radius 2 is 1.73 bits per heavy atom. The Labute approximate surface area is 273 Å². The third-order valence-corrected chi connectivity index (χ3v) is 8.49. The molecule has 0 aliphatic carbocycles. The van der Waals surface area contributed by atoms with Crippen LogP contribution in [0.3, 0.4) is 0 Å². The van der Waals surface area contributed by atoms with Crippen molar-refractivity contribution < 1.29 is 32.2 Å². The number of alkyl halides is 3. The Balaban J connectivity index is 1.60. The molecule has 5 rings (SSSR count). The summed E-state index contributed by atoms with van der Waals surface area (Å²) in [7, 11) is 1.44. The number of hydrogen-bond acceptors (Lipinski definition) is 7. The van der Waals surface area contributed by atoms with E-state index in [4.69, 9.17) is 49.0 Å². The summed E-state index contributed by atoms with van der Waals surface area (Å²) in [5.41, 5.74) is -1.47. The summed E-state index contributed by atoms with van der Waals surface area (Å²) in [6, 6.07) is 14.3. The number of fused-ring (bicyclic) bond motifs is 1. The first kappa shape index (κ1) is 32.6. The van der Waals surface area contributed by atoms with Gasteiger partial charge in [0, 0.05) is 20.6 Å². The Bertz CT molecular complexity index is 1990. The largest absolute Gasteiger partial charge is 0.493 e. The maximum Gasteiger partial charge on any atom is 0.434 e. The number of allylic oxidation sites excluding steroid dienone is 1. The molecule has 0 spiro atoms. The van der Waals surface area contributed by atoms with Gasteiger partial charge >= 0.3 is 12.1 Å². The Hall–Kier alpha value is -3.77. The molecule has 0 unspecified atom stereocenters. The van der Waals surface area contributed by atoms with Crippen LogP contribution in [0.15, 0.2) is 81.7 Å². The Kier molecular flexibility index (Phi) is 9.64. The van der Waals surface area contributed by atoms with Crippen LogP contribution in [0.4, 0.5) is 13.2 Å². The number of aromatic nitrogens is 1. The second kappa shape index (κ2) is 13.3. The Morgan fingerprint density at radius 1 is 1.02 bits per heavy atom. The normalized spacial score (nSPS) is 15.0. The third kappa shape index (κ3) is 6.91. The number of ether oxygens (including phenoxy) is 3. The number of benzene rings is 3. The first-order chi connectivity index (χ1) is 21.4. The van der Waals surface area contributed by atoms with E-state index >= 15 is 0 Å². The van der Waals surface area contributed by atoms with Crippen LogP contribution in [0, 0.1) is 0 Å². The van der Waals surface area contributed by atoms with E-state index in [2.05, 4.69) is 4.99 Å². The number of thiazole rings is 1. The van der Waals surface area contributed by atoms with Crippen molar-refractivity contribution in [2.75, 3.05) is 13.7 Å². The molecule has 3 aromatic carbocycles. The lowest BCUT2D eigenvalue weighted by molar-refractivity contribution is -0.140. The molecule has 0 N–H and O–H groups in total. The molecule has 1 aliphatic rings. The molecule has 4 aromatic rings. The number of carbonyl (C=O) groups is 1. The predicted octanol–water partition coefficient (Wildman–Crippen LogP) is 6.89. The van der Waals surface area contributed by atoms with E-state index in [9.17, 15) is 22.8 Å². The number of esters is 1. The fourth-order valence-corrected chi connectivity index (χ4v) is 6.23. The molecule has 0 fully saturated rings. The highest BCUT2D eigenvalue weighted by atomic mass is 35.5. The lowest BCUT2D eigenvalue weighted by Crippen LogP contribution is -2.41. The zero-order chi connectivity index (χ0) is 32.5. The summed E-state index contributed by atoms with van der Waals surface area (Å²) in [5.74, 6) is -0.508. The molecule has 1 aromatic heterocycles. The van der Waals surface area contributed by atoms with Crippen LogP contribution in [0.1, 0.15) is 29.7 Å². The minimum absolute atomic E-state index is 0.0722. The van der Waals surface area contributed by atoms with Crippen molar-refractivity contribution in [2.24, 2.45) is 4.99 Å². The first-order valence-electron chi connectivity index (χ1n) is 13.2. The number of nitrogens with zero attached hydrogens (tertiary/aromatic N) is 2. The third-order valence-electron chi connectivity index (χ3n) is 6.66. The van der Waals surface area contributed by atoms with Gasteiger partial charge in [-0.25, -0.2) is 9.79 Å². The monoisotopic (exact) mass is 696 g/mol. The summed E-state index contributed by atoms with van der Waals surface area (Å²) >= 11 is 19.0. The lowest BCUT2D eigenvalue weighted by atomic mass is 9.95. The van der Waals surface area contributed by atoms with Gasteiger partial charge in [0.25, 0.3) is 5.56 Å². The number of hydrogen-bond donors (Lipinski definition) is 0. The van der Waals surface area contributed by atoms with Crippen LogP contribution in [0.25, 0.3) is 6.08 Å². The minimum Gasteiger partial charge on any atom is -0.493 e. The predicted molar refractivity (Wildman–Crippen MR) is 166 cm³/mol. The van der Waals surface area contributed by atoms with Crippen LogP contribution in [-0.2, 0) is 16.1 Å². The van der Waals surface area contributed by atoms with Gasteiger partial charge in [-0.1, -0.05) is 70.4 Å². The fourth-order valence-electron chi connectivity index (χ4n) is 4.64. The Morgan fingerprint density at radius 3 is 2.38 bits per heavy atom. The summed E-state index contributed by atoms with van der Waals surface area (Å²) in [6.07, 6.45) is -3.52. The van der Waals surface area contributed by atoms with Gasteiger partial charge in [-0.2, -0.15) is 13.2 Å². The molecule has 0 saturated heterocycles. The molecule has 0 saturated carbocycles. The smallest absolute Gasteiger partial charge is 0.434 e. The topological polar surface area (TPSA) is 79.1 Å². The van der Waals surface area contributed by atoms with Gasteiger partial charge in [-0.05, 0) is 60.5 Å². The standard InChI is InChI=1S/C31H22Cl3F3N2O5S/c1-3-43-29(41)25-26(17-5-8-19(32)9-6-17)39-28(40)24(45-30(39)38-27(25)31(35,36)37)13-16-4-11-22(23(12-16)42-2)44-15-18-7-10-20(33)14-21(18)34/h4-14,26H,3,15H2,1-2H3/b24-13-/t26-/m0/s1. The second-order valence-electron chi connectivity index (χ2n) is 9.55. The molecule has 2 heterocycles. The van der Waals surface area contributed by atoms with Crippen LogP contribution >= 0.6 is 46.1 Å². The van der Waals surface area contributed by atoms with Crippen LogP contribution in [0.5, 0.6) is 11.5 Å². The molecule has 0 bridgehead atoms. The molecule has 0 radical (unpaired) electrons. The van der Waals surface area contributed by atoms with Gasteiger partial charge in [-0.15, -0.1) is 0 Å². The van der Waals surface area contributed by atoms with Crippen molar-refractivity contribution in [1.29, 1.82) is 0 Å². The highest BCUT2D eigenvalue weighted by Crippen LogP contribution is 2.38. The summed E-state index contributed by atoms with van der Waals surface area (Å²) < 4.78 is 60.4. The zero-order valence-electron chi connectivity index (χ0n) is 23.5. The molecule has 234 valence electrons. The fraction of sp³-hybridized carbons (Fsp3) is 0.194. The summed E-state index contributed by atoms with van der Waals surface area (Å²) in [4.78, 5) is 30.3. The molecule has 0 amide bonds. The van der Waals surface area contributed by atoms with E-state index in [1.807, 2.05) is 0 Å². The molecule has 7 nitrogen and oxygen atoms in total. The lowest BCUT2D eigenvalue weighted by Gasteiger charge is -2.26. The van der Waals surface area contributed by atoms with Crippen LogP contribution in [0.2, 0.25) is 15.1 Å². The van der Waals surface area contributed by atoms with Crippen molar-refractivity contribution >= 4 is 58.2 Å². The molecule has 45 heavy (non-hydrogen) atoms. The number of methoxy groups -OCH3 is 1. The minimum atomic E-state index is -5.01. The van der Waals surface area contributed by atoms with Gasteiger partial charge in [0.1, 0.15) is 6.61 Å². The van der Waals surface area contributed by atoms with Crippen molar-refractivity contribution in [3.63, 3.8) is 0 Å². The van der Waals surface area contributed by atoms with Gasteiger partial charge in [0.2, 0.25) is 0 Å². The van der Waals surface area contributed by atoms with Gasteiger partial charge in [-0.3, -0.25) is 9.36 Å². The highest BCUT2D eigenvalue weighted by Gasteiger charge is 2.45. The second-order valence-corrected chi connectivity index (χ2v) is 11.8. The van der Waals surface area contributed by atoms with Crippen molar-refractivity contribution in [2.45, 2.75) is 25.7 Å². The molecular weight excluding hydrogens is 676 g/mol. The van der Waals surface area contributed by atoms with E-state index < -0.39 is 35.0 Å². The number of carbonyl (C=O) groups excluding carboxylic acids is 1. The zero-order valence-corrected chi connectivity index (χ0v) is 26.5. The van der Waals surface area contributed by atoms with Crippen molar-refractivity contribution in [3.8, 4) is 11.5 Å². The average molecular weight is 698 g/mol. The van der Waals surface area contributed by atoms with Gasteiger partial charge < -0.3 is 14.2 Å². The SMILES string of the molecule is CCOC(=O)C1=C(C(F)(F)F)N=c2s/c(=C\c3ccc(OCc4ccc(Cl)cc4Cl)c(OC)c3)c(=O)n2[C@H]1c1ccc(Cl)cc1. The quantitative estimate of drug-likeness (QED) is 0.188. The number of rotatable bonds is 8. The number of halogens is 6. The summed E-state index contributed by atoms with van der Waals surface area (Å²) in [6.45, 7) is 1.41. The van der Waals surface area contributed by atoms with Crippen molar-refractivity contribution in [3.05, 3.63) is 123 Å². The van der Waals surface area contributed by atoms with E-state index in [1.165, 1.54) is 44.4 Å². The first-order valence-corrected chi connectivity index (χ1v) is 15.2. The van der Waals surface area contributed by atoms with E-state index in [-0.39, 0.29) is 28.1 Å². The van der Waals surface area contributed by atoms with E-state index in [0.29, 0.717) is 37.7 Å². The van der Waals surface area contributed by atoms with Gasteiger partial charge in [0.05, 0.1) is 29.9 Å². The van der Waals surface area contributed by atoms with Crippen molar-refractivity contribution in [1.82, 2.24) is 4.57 Å². The maximum atomic E-state index is 14.3.